The third-order valence-corrected chi connectivity index (χ3v) is 5.27. The van der Waals surface area contributed by atoms with E-state index in [0.29, 0.717) is 28.1 Å². The van der Waals surface area contributed by atoms with E-state index >= 15 is 0 Å². The van der Waals surface area contributed by atoms with Crippen LogP contribution in [0.5, 0.6) is 0 Å². The minimum absolute atomic E-state index is 0.214. The first-order chi connectivity index (χ1) is 14.5. The predicted molar refractivity (Wildman–Crippen MR) is 120 cm³/mol. The second-order valence-electron chi connectivity index (χ2n) is 6.86. The molecule has 0 unspecified atom stereocenters. The number of hydrogen-bond acceptors (Lipinski definition) is 4. The maximum absolute atomic E-state index is 13.4. The molecule has 1 heterocycles. The number of carbonyl (C=O) groups excluding carboxylic acids is 2. The third kappa shape index (κ3) is 3.63. The zero-order valence-electron chi connectivity index (χ0n) is 16.0. The Bertz CT molecular complexity index is 1220. The fraction of sp³-hybridized carbons (Fsp3) is 0.0417. The van der Waals surface area contributed by atoms with Gasteiger partial charge in [0, 0.05) is 10.2 Å². The molecule has 1 aliphatic heterocycles. The Balaban J connectivity index is 1.81. The van der Waals surface area contributed by atoms with Crippen LogP contribution in [-0.2, 0) is 9.59 Å². The van der Waals surface area contributed by atoms with E-state index < -0.39 is 11.8 Å². The van der Waals surface area contributed by atoms with Gasteiger partial charge in [-0.25, -0.2) is 4.90 Å². The number of nitrogens with one attached hydrogen (secondary N) is 1. The molecule has 2 amide bonds. The van der Waals surface area contributed by atoms with E-state index in [1.54, 1.807) is 24.3 Å². The number of nitrogens with zero attached hydrogens (tertiary/aromatic N) is 2. The van der Waals surface area contributed by atoms with Gasteiger partial charge in [-0.2, -0.15) is 5.26 Å². The van der Waals surface area contributed by atoms with Gasteiger partial charge in [0.1, 0.15) is 5.70 Å². The molecule has 0 aliphatic carbocycles. The first kappa shape index (κ1) is 19.6. The third-order valence-electron chi connectivity index (χ3n) is 4.77. The van der Waals surface area contributed by atoms with Gasteiger partial charge in [-0.1, -0.05) is 51.8 Å². The van der Waals surface area contributed by atoms with Crippen LogP contribution in [0, 0.1) is 18.3 Å². The highest BCUT2D eigenvalue weighted by Crippen LogP contribution is 2.34. The van der Waals surface area contributed by atoms with Crippen molar-refractivity contribution in [2.75, 3.05) is 10.2 Å². The Morgan fingerprint density at radius 1 is 0.933 bits per heavy atom. The standard InChI is InChI=1S/C24H16BrN3O2/c1-15-5-9-17(10-6-15)21-22(27-19-4-2-3-18(25)13-19)24(30)28(23(21)29)20-11-7-16(14-26)8-12-20/h2-13,27H,1H3. The van der Waals surface area contributed by atoms with Crippen LogP contribution in [0.1, 0.15) is 16.7 Å². The molecule has 0 saturated heterocycles. The van der Waals surface area contributed by atoms with Crippen LogP contribution < -0.4 is 10.2 Å². The fourth-order valence-corrected chi connectivity index (χ4v) is 3.66. The maximum Gasteiger partial charge on any atom is 0.282 e. The lowest BCUT2D eigenvalue weighted by atomic mass is 10.0. The minimum atomic E-state index is -0.444. The number of amides is 2. The van der Waals surface area contributed by atoms with E-state index in [4.69, 9.17) is 5.26 Å². The van der Waals surface area contributed by atoms with E-state index in [-0.39, 0.29) is 5.70 Å². The molecule has 1 aliphatic rings. The molecular formula is C24H16BrN3O2. The lowest BCUT2D eigenvalue weighted by Gasteiger charge is -2.15. The van der Waals surface area contributed by atoms with Crippen LogP contribution in [0.25, 0.3) is 5.57 Å². The molecule has 3 aromatic carbocycles. The molecule has 4 rings (SSSR count). The Morgan fingerprint density at radius 2 is 1.63 bits per heavy atom. The van der Waals surface area contributed by atoms with E-state index in [1.807, 2.05) is 61.5 Å². The molecule has 0 atom stereocenters. The van der Waals surface area contributed by atoms with Crippen molar-refractivity contribution in [2.24, 2.45) is 0 Å². The summed E-state index contributed by atoms with van der Waals surface area (Å²) in [7, 11) is 0. The van der Waals surface area contributed by atoms with E-state index in [1.165, 1.54) is 0 Å². The quantitative estimate of drug-likeness (QED) is 0.557. The monoisotopic (exact) mass is 457 g/mol. The molecule has 0 spiro atoms. The largest absolute Gasteiger partial charge is 0.350 e. The summed E-state index contributed by atoms with van der Waals surface area (Å²) in [6.07, 6.45) is 0. The van der Waals surface area contributed by atoms with Crippen molar-refractivity contribution in [1.29, 1.82) is 5.26 Å². The second kappa shape index (κ2) is 7.97. The van der Waals surface area contributed by atoms with Gasteiger partial charge in [0.2, 0.25) is 0 Å². The van der Waals surface area contributed by atoms with Crippen molar-refractivity contribution < 1.29 is 9.59 Å². The van der Waals surface area contributed by atoms with Gasteiger partial charge < -0.3 is 5.32 Å². The molecule has 0 saturated carbocycles. The van der Waals surface area contributed by atoms with Crippen molar-refractivity contribution in [1.82, 2.24) is 0 Å². The van der Waals surface area contributed by atoms with E-state index in [2.05, 4.69) is 21.2 Å². The number of benzene rings is 3. The molecule has 5 nitrogen and oxygen atoms in total. The smallest absolute Gasteiger partial charge is 0.282 e. The number of imide groups is 1. The van der Waals surface area contributed by atoms with Gasteiger partial charge in [0.25, 0.3) is 11.8 Å². The normalized spacial score (nSPS) is 13.6. The average molecular weight is 458 g/mol. The van der Waals surface area contributed by atoms with Gasteiger partial charge in [0.05, 0.1) is 22.9 Å². The molecular weight excluding hydrogens is 442 g/mol. The molecule has 3 aromatic rings. The molecule has 146 valence electrons. The fourth-order valence-electron chi connectivity index (χ4n) is 3.26. The summed E-state index contributed by atoms with van der Waals surface area (Å²) >= 11 is 3.42. The number of aryl methyl sites for hydroxylation is 1. The Kier molecular flexibility index (Phi) is 5.21. The van der Waals surface area contributed by atoms with Crippen LogP contribution in [0.3, 0.4) is 0 Å². The number of hydrogen-bond donors (Lipinski definition) is 1. The van der Waals surface area contributed by atoms with Gasteiger partial charge in [-0.3, -0.25) is 9.59 Å². The molecule has 0 bridgehead atoms. The second-order valence-corrected chi connectivity index (χ2v) is 7.77. The van der Waals surface area contributed by atoms with E-state index in [0.717, 1.165) is 14.9 Å². The number of rotatable bonds is 4. The highest BCUT2D eigenvalue weighted by atomic mass is 79.9. The lowest BCUT2D eigenvalue weighted by molar-refractivity contribution is -0.120. The van der Waals surface area contributed by atoms with Crippen molar-refractivity contribution >= 4 is 44.7 Å². The zero-order chi connectivity index (χ0) is 21.3. The van der Waals surface area contributed by atoms with Gasteiger partial charge in [0.15, 0.2) is 0 Å². The van der Waals surface area contributed by atoms with Crippen LogP contribution in [-0.4, -0.2) is 11.8 Å². The summed E-state index contributed by atoms with van der Waals surface area (Å²) in [4.78, 5) is 27.8. The first-order valence-corrected chi connectivity index (χ1v) is 10.00. The Labute approximate surface area is 182 Å². The summed E-state index contributed by atoms with van der Waals surface area (Å²) in [5.41, 5.74) is 3.80. The molecule has 0 aromatic heterocycles. The summed E-state index contributed by atoms with van der Waals surface area (Å²) in [6.45, 7) is 1.96. The minimum Gasteiger partial charge on any atom is -0.350 e. The van der Waals surface area contributed by atoms with Crippen molar-refractivity contribution in [3.8, 4) is 6.07 Å². The van der Waals surface area contributed by atoms with Gasteiger partial charge in [-0.15, -0.1) is 0 Å². The maximum atomic E-state index is 13.4. The SMILES string of the molecule is Cc1ccc(C2=C(Nc3cccc(Br)c3)C(=O)N(c3ccc(C#N)cc3)C2=O)cc1. The summed E-state index contributed by atoms with van der Waals surface area (Å²) in [5.74, 6) is -0.855. The van der Waals surface area contributed by atoms with E-state index in [9.17, 15) is 9.59 Å². The summed E-state index contributed by atoms with van der Waals surface area (Å²) < 4.78 is 0.853. The van der Waals surface area contributed by atoms with Gasteiger partial charge in [-0.05, 0) is 55.0 Å². The molecule has 0 fully saturated rings. The molecule has 0 radical (unpaired) electrons. The average Bonchev–Trinajstić information content (AvgIpc) is 2.98. The van der Waals surface area contributed by atoms with Gasteiger partial charge >= 0.3 is 0 Å². The topological polar surface area (TPSA) is 73.2 Å². The molecule has 30 heavy (non-hydrogen) atoms. The highest BCUT2D eigenvalue weighted by Gasteiger charge is 2.40. The van der Waals surface area contributed by atoms with Crippen molar-refractivity contribution in [3.63, 3.8) is 0 Å². The van der Waals surface area contributed by atoms with Crippen molar-refractivity contribution in [2.45, 2.75) is 6.92 Å². The van der Waals surface area contributed by atoms with Crippen LogP contribution >= 0.6 is 15.9 Å². The summed E-state index contributed by atoms with van der Waals surface area (Å²) in [5, 5.41) is 12.2. The number of halogens is 1. The van der Waals surface area contributed by atoms with Crippen LogP contribution in [0.4, 0.5) is 11.4 Å². The zero-order valence-corrected chi connectivity index (χ0v) is 17.6. The first-order valence-electron chi connectivity index (χ1n) is 9.21. The predicted octanol–water partition coefficient (Wildman–Crippen LogP) is 5.03. The molecule has 1 N–H and O–H groups in total. The number of nitriles is 1. The lowest BCUT2D eigenvalue weighted by Crippen LogP contribution is -2.32. The molecule has 6 heteroatoms. The Hall–Kier alpha value is -3.69. The Morgan fingerprint density at radius 3 is 2.27 bits per heavy atom. The van der Waals surface area contributed by atoms with Crippen LogP contribution in [0.15, 0.2) is 83.0 Å². The van der Waals surface area contributed by atoms with Crippen LogP contribution in [0.2, 0.25) is 0 Å². The number of carbonyl (C=O) groups is 2. The number of anilines is 2. The highest BCUT2D eigenvalue weighted by molar-refractivity contribution is 9.10. The van der Waals surface area contributed by atoms with Crippen molar-refractivity contribution in [3.05, 3.63) is 99.7 Å². The summed E-state index contributed by atoms with van der Waals surface area (Å²) in [6, 6.07) is 23.3.